The van der Waals surface area contributed by atoms with Gasteiger partial charge >= 0.3 is 13.0 Å². The van der Waals surface area contributed by atoms with Crippen molar-refractivity contribution >= 4 is 30.3 Å². The predicted octanol–water partition coefficient (Wildman–Crippen LogP) is 1.68. The van der Waals surface area contributed by atoms with Gasteiger partial charge in [0.25, 0.3) is 6.35 Å². The number of nitrogens with one attached hydrogen (secondary N) is 1. The number of carbonyl (C=O) groups is 2. The Morgan fingerprint density at radius 1 is 1.44 bits per heavy atom. The normalized spacial score (nSPS) is 13.2. The highest BCUT2D eigenvalue weighted by Gasteiger charge is 2.26. The number of amides is 1. The molecular weight excluding hydrogens is 277 g/mol. The maximum Gasteiger partial charge on any atom is 0.439 e. The van der Waals surface area contributed by atoms with Gasteiger partial charge in [0.05, 0.1) is 0 Å². The van der Waals surface area contributed by atoms with Gasteiger partial charge in [-0.2, -0.15) is 0 Å². The van der Waals surface area contributed by atoms with E-state index in [9.17, 15) is 14.2 Å². The lowest BCUT2D eigenvalue weighted by Gasteiger charge is -2.16. The highest BCUT2D eigenvalue weighted by molar-refractivity contribution is 8.51. The van der Waals surface area contributed by atoms with Gasteiger partial charge in [-0.25, -0.2) is 4.79 Å². The SMILES string of the molecule is CCOC[P+](=O)SCC(=O)N[C@@H](C(=O)O)C(C)C. The van der Waals surface area contributed by atoms with Gasteiger partial charge in [0.15, 0.2) is 0 Å². The molecule has 2 atom stereocenters. The van der Waals surface area contributed by atoms with Crippen molar-refractivity contribution in [3.8, 4) is 0 Å². The van der Waals surface area contributed by atoms with Crippen molar-refractivity contribution in [2.75, 3.05) is 18.7 Å². The minimum Gasteiger partial charge on any atom is -0.480 e. The van der Waals surface area contributed by atoms with Gasteiger partial charge in [-0.15, -0.1) is 0 Å². The zero-order valence-electron chi connectivity index (χ0n) is 10.7. The van der Waals surface area contributed by atoms with Crippen molar-refractivity contribution in [3.05, 3.63) is 0 Å². The molecule has 0 radical (unpaired) electrons. The Kier molecular flexibility index (Phi) is 8.97. The lowest BCUT2D eigenvalue weighted by atomic mass is 10.1. The fraction of sp³-hybridized carbons (Fsp3) is 0.800. The van der Waals surface area contributed by atoms with Crippen LogP contribution in [0.3, 0.4) is 0 Å². The second-order valence-corrected chi connectivity index (χ2v) is 7.32. The first-order chi connectivity index (χ1) is 8.38. The summed E-state index contributed by atoms with van der Waals surface area (Å²) in [6, 6.07) is -0.914. The first kappa shape index (κ1) is 17.4. The molecule has 0 fully saturated rings. The van der Waals surface area contributed by atoms with Crippen molar-refractivity contribution < 1.29 is 24.0 Å². The summed E-state index contributed by atoms with van der Waals surface area (Å²) in [5.41, 5.74) is 0. The number of carboxylic acids is 1. The van der Waals surface area contributed by atoms with E-state index in [1.165, 1.54) is 0 Å². The summed E-state index contributed by atoms with van der Waals surface area (Å²) in [5, 5.41) is 11.3. The van der Waals surface area contributed by atoms with Crippen LogP contribution >= 0.6 is 18.4 Å². The van der Waals surface area contributed by atoms with Gasteiger partial charge in [-0.05, 0) is 12.8 Å². The van der Waals surface area contributed by atoms with Crippen molar-refractivity contribution in [1.29, 1.82) is 0 Å². The van der Waals surface area contributed by atoms with Crippen LogP contribution in [0.1, 0.15) is 20.8 Å². The van der Waals surface area contributed by atoms with E-state index in [0.717, 1.165) is 11.4 Å². The highest BCUT2D eigenvalue weighted by atomic mass is 32.7. The number of rotatable bonds is 9. The van der Waals surface area contributed by atoms with Crippen molar-refractivity contribution in [1.82, 2.24) is 5.32 Å². The molecule has 1 unspecified atom stereocenters. The van der Waals surface area contributed by atoms with Gasteiger partial charge in [-0.1, -0.05) is 18.4 Å². The largest absolute Gasteiger partial charge is 0.480 e. The van der Waals surface area contributed by atoms with Crippen molar-refractivity contribution in [2.24, 2.45) is 5.92 Å². The van der Waals surface area contributed by atoms with Gasteiger partial charge in [0.2, 0.25) is 5.91 Å². The summed E-state index contributed by atoms with van der Waals surface area (Å²) < 4.78 is 16.3. The smallest absolute Gasteiger partial charge is 0.439 e. The summed E-state index contributed by atoms with van der Waals surface area (Å²) >= 11 is 0.969. The third-order valence-electron chi connectivity index (χ3n) is 1.99. The van der Waals surface area contributed by atoms with Crippen LogP contribution in [0.15, 0.2) is 0 Å². The molecule has 8 heteroatoms. The number of aliphatic carboxylic acids is 1. The maximum atomic E-state index is 11.5. The van der Waals surface area contributed by atoms with Gasteiger partial charge in [0.1, 0.15) is 23.2 Å². The Morgan fingerprint density at radius 3 is 2.50 bits per heavy atom. The second-order valence-electron chi connectivity index (χ2n) is 3.86. The average molecular weight is 296 g/mol. The molecule has 0 heterocycles. The average Bonchev–Trinajstić information content (AvgIpc) is 2.29. The minimum atomic E-state index is -1.64. The summed E-state index contributed by atoms with van der Waals surface area (Å²) in [6.45, 7) is 5.69. The van der Waals surface area contributed by atoms with E-state index >= 15 is 0 Å². The van der Waals surface area contributed by atoms with E-state index in [1.807, 2.05) is 0 Å². The molecule has 0 saturated heterocycles. The monoisotopic (exact) mass is 296 g/mol. The second kappa shape index (κ2) is 9.30. The first-order valence-corrected chi connectivity index (χ1v) is 8.59. The zero-order chi connectivity index (χ0) is 14.1. The van der Waals surface area contributed by atoms with Crippen LogP contribution in [0.25, 0.3) is 0 Å². The third-order valence-corrected chi connectivity index (χ3v) is 4.63. The Morgan fingerprint density at radius 2 is 2.06 bits per heavy atom. The van der Waals surface area contributed by atoms with Gasteiger partial charge in [-0.3, -0.25) is 4.79 Å². The predicted molar refractivity (Wildman–Crippen MR) is 71.0 cm³/mol. The summed E-state index contributed by atoms with van der Waals surface area (Å²) in [4.78, 5) is 22.3. The molecule has 0 aromatic heterocycles. The Hall–Kier alpha value is -0.650. The lowest BCUT2D eigenvalue weighted by molar-refractivity contribution is -0.142. The highest BCUT2D eigenvalue weighted by Crippen LogP contribution is 2.37. The van der Waals surface area contributed by atoms with Crippen LogP contribution in [0.5, 0.6) is 0 Å². The third kappa shape index (κ3) is 7.63. The zero-order valence-corrected chi connectivity index (χ0v) is 12.4. The molecule has 0 spiro atoms. The van der Waals surface area contributed by atoms with E-state index in [-0.39, 0.29) is 18.0 Å². The fourth-order valence-corrected chi connectivity index (χ4v) is 3.04. The summed E-state index contributed by atoms with van der Waals surface area (Å²) in [5.74, 6) is -1.73. The molecule has 0 aliphatic carbocycles. The molecule has 2 N–H and O–H groups in total. The Labute approximate surface area is 111 Å². The topological polar surface area (TPSA) is 92.7 Å². The number of carboxylic acid groups (broad SMARTS) is 1. The van der Waals surface area contributed by atoms with Crippen LogP contribution in [0.4, 0.5) is 0 Å². The van der Waals surface area contributed by atoms with Crippen molar-refractivity contribution in [3.63, 3.8) is 0 Å². The molecule has 18 heavy (non-hydrogen) atoms. The standard InChI is InChI=1S/C10H18NO5PS/c1-4-16-6-17(15)18-5-8(12)11-9(7(2)3)10(13)14/h7,9H,4-6H2,1-3H3,(H-,11,12,13,14)/p+1/t9-/m1/s1. The molecule has 104 valence electrons. The lowest BCUT2D eigenvalue weighted by Crippen LogP contribution is -2.44. The van der Waals surface area contributed by atoms with E-state index in [0.29, 0.717) is 6.61 Å². The quantitative estimate of drug-likeness (QED) is 0.629. The summed E-state index contributed by atoms with van der Waals surface area (Å²) in [7, 11) is -1.64. The number of hydrogen-bond donors (Lipinski definition) is 2. The number of carbonyl (C=O) groups excluding carboxylic acids is 1. The van der Waals surface area contributed by atoms with Crippen LogP contribution in [0.2, 0.25) is 0 Å². The molecule has 0 aliphatic rings. The molecular formula is C10H19NO5PS+. The molecule has 1 amide bonds. The van der Waals surface area contributed by atoms with Crippen LogP contribution in [-0.4, -0.2) is 41.7 Å². The molecule has 0 bridgehead atoms. The Balaban J connectivity index is 4.03. The van der Waals surface area contributed by atoms with Crippen molar-refractivity contribution in [2.45, 2.75) is 26.8 Å². The van der Waals surface area contributed by atoms with Crippen LogP contribution in [-0.2, 0) is 18.9 Å². The minimum absolute atomic E-state index is 0.0290. The molecule has 0 aromatic rings. The van der Waals surface area contributed by atoms with E-state index < -0.39 is 24.9 Å². The molecule has 0 saturated carbocycles. The molecule has 6 nitrogen and oxygen atoms in total. The van der Waals surface area contributed by atoms with Crippen LogP contribution in [0, 0.1) is 5.92 Å². The number of ether oxygens (including phenoxy) is 1. The molecule has 0 aromatic carbocycles. The van der Waals surface area contributed by atoms with E-state index in [1.54, 1.807) is 20.8 Å². The van der Waals surface area contributed by atoms with E-state index in [2.05, 4.69) is 5.32 Å². The number of hydrogen-bond acceptors (Lipinski definition) is 5. The fourth-order valence-electron chi connectivity index (χ4n) is 1.06. The molecule has 0 rings (SSSR count). The van der Waals surface area contributed by atoms with E-state index in [4.69, 9.17) is 9.84 Å². The Bertz CT molecular complexity index is 311. The van der Waals surface area contributed by atoms with Crippen LogP contribution < -0.4 is 5.32 Å². The van der Waals surface area contributed by atoms with Gasteiger partial charge < -0.3 is 15.2 Å². The van der Waals surface area contributed by atoms with Gasteiger partial charge in [0, 0.05) is 6.61 Å². The molecule has 0 aliphatic heterocycles. The first-order valence-electron chi connectivity index (χ1n) is 5.56. The summed E-state index contributed by atoms with van der Waals surface area (Å²) in [6.07, 6.45) is 0.107. The maximum absolute atomic E-state index is 11.5.